The van der Waals surface area contributed by atoms with Crippen LogP contribution in [0.15, 0.2) is 24.3 Å². The van der Waals surface area contributed by atoms with Gasteiger partial charge in [0.15, 0.2) is 0 Å². The van der Waals surface area contributed by atoms with Crippen molar-refractivity contribution in [3.8, 4) is 47.9 Å². The van der Waals surface area contributed by atoms with Gasteiger partial charge in [0.05, 0.1) is 0 Å². The lowest BCUT2D eigenvalue weighted by molar-refractivity contribution is 0.281. The summed E-state index contributed by atoms with van der Waals surface area (Å²) in [6.07, 6.45) is 11.0. The molecule has 1 heteroatoms. The molecule has 0 aliphatic carbocycles. The Balaban J connectivity index is 4.17. The van der Waals surface area contributed by atoms with E-state index in [0.29, 0.717) is 0 Å². The SMILES string of the molecule is C#CC#CC#CC#CC(O)/C=C/C=C/C. The zero-order valence-corrected chi connectivity index (χ0v) is 8.41. The summed E-state index contributed by atoms with van der Waals surface area (Å²) in [6, 6.07) is 0. The van der Waals surface area contributed by atoms with Crippen LogP contribution in [0.2, 0.25) is 0 Å². The fourth-order valence-electron chi connectivity index (χ4n) is 0.568. The van der Waals surface area contributed by atoms with Gasteiger partial charge in [0.2, 0.25) is 0 Å². The highest BCUT2D eigenvalue weighted by atomic mass is 16.3. The number of hydrogen-bond acceptors (Lipinski definition) is 1. The monoisotopic (exact) mass is 194 g/mol. The van der Waals surface area contributed by atoms with Crippen molar-refractivity contribution in [1.29, 1.82) is 0 Å². The van der Waals surface area contributed by atoms with Crippen LogP contribution in [-0.4, -0.2) is 11.2 Å². The molecule has 0 aliphatic heterocycles. The van der Waals surface area contributed by atoms with E-state index in [1.807, 2.05) is 13.0 Å². The van der Waals surface area contributed by atoms with E-state index in [0.717, 1.165) is 0 Å². The van der Waals surface area contributed by atoms with Gasteiger partial charge in [-0.2, -0.15) is 0 Å². The summed E-state index contributed by atoms with van der Waals surface area (Å²) in [7, 11) is 0. The first-order valence-corrected chi connectivity index (χ1v) is 4.25. The summed E-state index contributed by atoms with van der Waals surface area (Å²) in [4.78, 5) is 0. The second kappa shape index (κ2) is 9.77. The van der Waals surface area contributed by atoms with Gasteiger partial charge in [0.25, 0.3) is 0 Å². The topological polar surface area (TPSA) is 20.2 Å². The molecule has 0 fully saturated rings. The second-order valence-electron chi connectivity index (χ2n) is 2.27. The van der Waals surface area contributed by atoms with Gasteiger partial charge in [0.1, 0.15) is 6.10 Å². The Kier molecular flexibility index (Phi) is 8.26. The van der Waals surface area contributed by atoms with Gasteiger partial charge in [-0.15, -0.1) is 6.42 Å². The number of rotatable bonds is 2. The number of terminal acetylenes is 1. The van der Waals surface area contributed by atoms with E-state index in [-0.39, 0.29) is 0 Å². The molecule has 1 nitrogen and oxygen atoms in total. The van der Waals surface area contributed by atoms with E-state index in [1.165, 1.54) is 0 Å². The van der Waals surface area contributed by atoms with E-state index in [4.69, 9.17) is 6.42 Å². The summed E-state index contributed by atoms with van der Waals surface area (Å²) in [5.41, 5.74) is 0. The van der Waals surface area contributed by atoms with E-state index >= 15 is 0 Å². The van der Waals surface area contributed by atoms with Crippen LogP contribution in [0.25, 0.3) is 0 Å². The van der Waals surface area contributed by atoms with Crippen LogP contribution in [0.5, 0.6) is 0 Å². The molecule has 1 unspecified atom stereocenters. The average molecular weight is 194 g/mol. The standard InChI is InChI=1S/C14H10O/c1-3-5-7-8-9-11-13-14(15)12-10-6-4-2/h1,4,6,10,12,14-15H,2H3/b6-4+,12-10+. The van der Waals surface area contributed by atoms with Crippen molar-refractivity contribution in [1.82, 2.24) is 0 Å². The number of allylic oxidation sites excluding steroid dienone is 3. The molecule has 0 aromatic heterocycles. The molecule has 0 spiro atoms. The van der Waals surface area contributed by atoms with Crippen LogP contribution in [-0.2, 0) is 0 Å². The van der Waals surface area contributed by atoms with Crippen LogP contribution in [0, 0.1) is 47.9 Å². The van der Waals surface area contributed by atoms with Crippen LogP contribution < -0.4 is 0 Å². The fraction of sp³-hybridized carbons (Fsp3) is 0.143. The minimum Gasteiger partial charge on any atom is -0.377 e. The zero-order chi connectivity index (χ0) is 11.4. The molecule has 15 heavy (non-hydrogen) atoms. The predicted molar refractivity (Wildman–Crippen MR) is 62.1 cm³/mol. The number of aliphatic hydroxyl groups is 1. The third-order valence-electron chi connectivity index (χ3n) is 1.14. The van der Waals surface area contributed by atoms with Crippen molar-refractivity contribution < 1.29 is 5.11 Å². The highest BCUT2D eigenvalue weighted by Crippen LogP contribution is 1.84. The first-order chi connectivity index (χ1) is 7.31. The average Bonchev–Trinajstić information content (AvgIpc) is 2.23. The summed E-state index contributed by atoms with van der Waals surface area (Å²) in [6.45, 7) is 1.89. The second-order valence-corrected chi connectivity index (χ2v) is 2.27. The molecule has 0 aromatic rings. The van der Waals surface area contributed by atoms with Gasteiger partial charge in [-0.05, 0) is 48.5 Å². The Labute approximate surface area is 90.9 Å². The molecule has 0 radical (unpaired) electrons. The highest BCUT2D eigenvalue weighted by molar-refractivity contribution is 5.39. The Morgan fingerprint density at radius 2 is 1.73 bits per heavy atom. The van der Waals surface area contributed by atoms with Gasteiger partial charge in [-0.1, -0.05) is 24.1 Å². The molecule has 1 N–H and O–H groups in total. The molecular formula is C14H10O. The van der Waals surface area contributed by atoms with Crippen molar-refractivity contribution in [2.75, 3.05) is 0 Å². The molecule has 0 saturated heterocycles. The predicted octanol–water partition coefficient (Wildman–Crippen LogP) is 1.12. The quantitative estimate of drug-likeness (QED) is 0.516. The third-order valence-corrected chi connectivity index (χ3v) is 1.14. The maximum Gasteiger partial charge on any atom is 0.134 e. The molecule has 0 heterocycles. The molecule has 0 rings (SSSR count). The summed E-state index contributed by atoms with van der Waals surface area (Å²) < 4.78 is 0. The first kappa shape index (κ1) is 12.7. The maximum absolute atomic E-state index is 9.25. The lowest BCUT2D eigenvalue weighted by Gasteiger charge is -1.88. The van der Waals surface area contributed by atoms with Crippen LogP contribution in [0.1, 0.15) is 6.92 Å². The molecule has 0 amide bonds. The minimum atomic E-state index is -0.809. The van der Waals surface area contributed by atoms with Gasteiger partial charge >= 0.3 is 0 Å². The third kappa shape index (κ3) is 9.60. The van der Waals surface area contributed by atoms with Crippen molar-refractivity contribution >= 4 is 0 Å². The smallest absolute Gasteiger partial charge is 0.134 e. The molecule has 72 valence electrons. The minimum absolute atomic E-state index is 0.809. The molecule has 0 bridgehead atoms. The first-order valence-electron chi connectivity index (χ1n) is 4.25. The van der Waals surface area contributed by atoms with Gasteiger partial charge in [0, 0.05) is 0 Å². The molecule has 0 aromatic carbocycles. The fourth-order valence-corrected chi connectivity index (χ4v) is 0.568. The lowest BCUT2D eigenvalue weighted by atomic mass is 10.3. The Morgan fingerprint density at radius 3 is 2.40 bits per heavy atom. The van der Waals surface area contributed by atoms with Gasteiger partial charge in [-0.3, -0.25) is 0 Å². The Hall–Kier alpha value is -2.32. The van der Waals surface area contributed by atoms with E-state index in [9.17, 15) is 5.11 Å². The Bertz CT molecular complexity index is 453. The van der Waals surface area contributed by atoms with Crippen molar-refractivity contribution in [2.24, 2.45) is 0 Å². The maximum atomic E-state index is 9.25. The normalized spacial score (nSPS) is 10.2. The van der Waals surface area contributed by atoms with E-state index < -0.39 is 6.10 Å². The molecule has 0 saturated carbocycles. The zero-order valence-electron chi connectivity index (χ0n) is 8.41. The van der Waals surface area contributed by atoms with E-state index in [2.05, 4.69) is 41.4 Å². The summed E-state index contributed by atoms with van der Waals surface area (Å²) in [5, 5.41) is 9.25. The highest BCUT2D eigenvalue weighted by Gasteiger charge is 1.86. The summed E-state index contributed by atoms with van der Waals surface area (Å²) >= 11 is 0. The van der Waals surface area contributed by atoms with Gasteiger partial charge < -0.3 is 5.11 Å². The van der Waals surface area contributed by atoms with Crippen molar-refractivity contribution in [3.63, 3.8) is 0 Å². The molecular weight excluding hydrogens is 184 g/mol. The molecule has 1 atom stereocenters. The largest absolute Gasteiger partial charge is 0.377 e. The van der Waals surface area contributed by atoms with Crippen molar-refractivity contribution in [2.45, 2.75) is 13.0 Å². The van der Waals surface area contributed by atoms with E-state index in [1.54, 1.807) is 18.2 Å². The van der Waals surface area contributed by atoms with Crippen LogP contribution in [0.3, 0.4) is 0 Å². The van der Waals surface area contributed by atoms with Gasteiger partial charge in [-0.25, -0.2) is 0 Å². The summed E-state index contributed by atoms with van der Waals surface area (Å²) in [5.74, 6) is 16.7. The molecule has 0 aliphatic rings. The Morgan fingerprint density at radius 1 is 1.07 bits per heavy atom. The number of aliphatic hydroxyl groups excluding tert-OH is 1. The lowest BCUT2D eigenvalue weighted by Crippen LogP contribution is -1.95. The van der Waals surface area contributed by atoms with Crippen LogP contribution >= 0.6 is 0 Å². The van der Waals surface area contributed by atoms with Crippen molar-refractivity contribution in [3.05, 3.63) is 24.3 Å². The number of hydrogen-bond donors (Lipinski definition) is 1. The van der Waals surface area contributed by atoms with Crippen LogP contribution in [0.4, 0.5) is 0 Å².